The van der Waals surface area contributed by atoms with Gasteiger partial charge in [0.2, 0.25) is 7.59 Å². The van der Waals surface area contributed by atoms with Crippen molar-refractivity contribution >= 4 is 81.8 Å². The van der Waals surface area contributed by atoms with Crippen molar-refractivity contribution in [3.05, 3.63) is 96.1 Å². The van der Waals surface area contributed by atoms with Crippen LogP contribution in [0.2, 0.25) is 0 Å². The summed E-state index contributed by atoms with van der Waals surface area (Å²) in [6, 6.07) is 18.9. The van der Waals surface area contributed by atoms with E-state index in [0.29, 0.717) is 11.1 Å². The van der Waals surface area contributed by atoms with Crippen molar-refractivity contribution in [3.63, 3.8) is 0 Å². The van der Waals surface area contributed by atoms with E-state index in [0.717, 1.165) is 33.4 Å². The van der Waals surface area contributed by atoms with E-state index in [2.05, 4.69) is 13.2 Å². The maximum absolute atomic E-state index is 6.22. The zero-order valence-electron chi connectivity index (χ0n) is 15.6. The minimum absolute atomic E-state index is 0.575. The van der Waals surface area contributed by atoms with Crippen LogP contribution in [0.25, 0.3) is 34.4 Å². The quantitative estimate of drug-likeness (QED) is 0.302. The molecule has 0 nitrogen and oxygen atoms in total. The van der Waals surface area contributed by atoms with Crippen molar-refractivity contribution in [2.45, 2.75) is 7.59 Å². The van der Waals surface area contributed by atoms with Crippen LogP contribution in [0, 0.1) is 0 Å². The van der Waals surface area contributed by atoms with Crippen molar-refractivity contribution in [1.29, 1.82) is 0 Å². The molecule has 3 aromatic rings. The first kappa shape index (κ1) is 23.5. The van der Waals surface area contributed by atoms with Crippen molar-refractivity contribution in [2.75, 3.05) is 0 Å². The Kier molecular flexibility index (Phi) is 7.19. The standard InChI is InChI=1S/C24H16Cl6/c1-3-15-7-5-9-19(23(25,26)27)21(15)17-11-13-18(14-12-17)22-16(4-2)8-6-10-20(22)24(28,29)30/h3-14H,1-2H2. The molecule has 0 amide bonds. The van der Waals surface area contributed by atoms with Crippen LogP contribution in [0.1, 0.15) is 22.3 Å². The molecule has 0 fully saturated rings. The fourth-order valence-electron chi connectivity index (χ4n) is 3.40. The van der Waals surface area contributed by atoms with Crippen LogP contribution in [-0.2, 0) is 7.59 Å². The zero-order valence-corrected chi connectivity index (χ0v) is 20.1. The average molecular weight is 517 g/mol. The number of benzene rings is 3. The third-order valence-corrected chi connectivity index (χ3v) is 5.93. The lowest BCUT2D eigenvalue weighted by Crippen LogP contribution is -2.05. The molecule has 0 aromatic heterocycles. The van der Waals surface area contributed by atoms with Crippen LogP contribution in [-0.4, -0.2) is 0 Å². The second-order valence-electron chi connectivity index (χ2n) is 6.52. The molecule has 0 aliphatic rings. The Labute approximate surface area is 206 Å². The molecule has 30 heavy (non-hydrogen) atoms. The van der Waals surface area contributed by atoms with Crippen LogP contribution in [0.5, 0.6) is 0 Å². The van der Waals surface area contributed by atoms with Gasteiger partial charge >= 0.3 is 0 Å². The lowest BCUT2D eigenvalue weighted by atomic mass is 9.91. The summed E-state index contributed by atoms with van der Waals surface area (Å²) in [5, 5.41) is 0. The van der Waals surface area contributed by atoms with Crippen LogP contribution in [0.3, 0.4) is 0 Å². The third-order valence-electron chi connectivity index (χ3n) is 4.71. The van der Waals surface area contributed by atoms with Gasteiger partial charge in [0.1, 0.15) is 0 Å². The number of hydrogen-bond acceptors (Lipinski definition) is 0. The van der Waals surface area contributed by atoms with Gasteiger partial charge in [-0.1, -0.05) is 156 Å². The molecule has 0 bridgehead atoms. The largest absolute Gasteiger partial charge is 0.216 e. The molecule has 0 spiro atoms. The monoisotopic (exact) mass is 514 g/mol. The Morgan fingerprint density at radius 3 is 1.13 bits per heavy atom. The fraction of sp³-hybridized carbons (Fsp3) is 0.0833. The van der Waals surface area contributed by atoms with Crippen molar-refractivity contribution in [1.82, 2.24) is 0 Å². The molecule has 3 aromatic carbocycles. The summed E-state index contributed by atoms with van der Waals surface area (Å²) in [6.07, 6.45) is 3.47. The van der Waals surface area contributed by atoms with Crippen LogP contribution in [0.15, 0.2) is 73.8 Å². The van der Waals surface area contributed by atoms with Gasteiger partial charge in [0.25, 0.3) is 0 Å². The van der Waals surface area contributed by atoms with Crippen molar-refractivity contribution < 1.29 is 0 Å². The summed E-state index contributed by atoms with van der Waals surface area (Å²) in [5.74, 6) is 0. The normalized spacial score (nSPS) is 11.9. The zero-order chi connectivity index (χ0) is 22.1. The van der Waals surface area contributed by atoms with Crippen LogP contribution >= 0.6 is 69.6 Å². The van der Waals surface area contributed by atoms with E-state index in [1.165, 1.54) is 0 Å². The first-order valence-electron chi connectivity index (χ1n) is 8.84. The molecule has 0 saturated heterocycles. The summed E-state index contributed by atoms with van der Waals surface area (Å²) in [5.41, 5.74) is 6.23. The van der Waals surface area contributed by atoms with E-state index in [1.807, 2.05) is 48.5 Å². The van der Waals surface area contributed by atoms with Gasteiger partial charge in [-0.2, -0.15) is 0 Å². The molecule has 0 heterocycles. The highest BCUT2D eigenvalue weighted by Gasteiger charge is 2.29. The minimum atomic E-state index is -1.58. The van der Waals surface area contributed by atoms with Gasteiger partial charge in [0.05, 0.1) is 0 Å². The van der Waals surface area contributed by atoms with Crippen LogP contribution < -0.4 is 0 Å². The first-order valence-corrected chi connectivity index (χ1v) is 11.1. The molecular formula is C24H16Cl6. The molecular weight excluding hydrogens is 501 g/mol. The van der Waals surface area contributed by atoms with Crippen molar-refractivity contribution in [2.24, 2.45) is 0 Å². The third kappa shape index (κ3) is 4.86. The van der Waals surface area contributed by atoms with E-state index >= 15 is 0 Å². The summed E-state index contributed by atoms with van der Waals surface area (Å²) in [4.78, 5) is 0. The molecule has 154 valence electrons. The van der Waals surface area contributed by atoms with Crippen molar-refractivity contribution in [3.8, 4) is 22.3 Å². The minimum Gasteiger partial charge on any atom is -0.0984 e. The molecule has 0 aliphatic heterocycles. The second-order valence-corrected chi connectivity index (χ2v) is 11.1. The molecule has 0 aliphatic carbocycles. The van der Waals surface area contributed by atoms with Gasteiger partial charge in [0, 0.05) is 11.1 Å². The number of halogens is 6. The lowest BCUT2D eigenvalue weighted by molar-refractivity contribution is 1.24. The molecule has 0 radical (unpaired) electrons. The van der Waals surface area contributed by atoms with E-state index in [-0.39, 0.29) is 0 Å². The fourth-order valence-corrected chi connectivity index (χ4v) is 4.35. The maximum Gasteiger partial charge on any atom is 0.216 e. The van der Waals surface area contributed by atoms with Crippen LogP contribution in [0.4, 0.5) is 0 Å². The highest BCUT2D eigenvalue weighted by molar-refractivity contribution is 6.67. The number of alkyl halides is 6. The molecule has 0 saturated carbocycles. The number of hydrogen-bond donors (Lipinski definition) is 0. The predicted molar refractivity (Wildman–Crippen MR) is 136 cm³/mol. The van der Waals surface area contributed by atoms with Gasteiger partial charge < -0.3 is 0 Å². The lowest BCUT2D eigenvalue weighted by Gasteiger charge is -2.21. The van der Waals surface area contributed by atoms with E-state index in [1.54, 1.807) is 24.3 Å². The maximum atomic E-state index is 6.22. The van der Waals surface area contributed by atoms with E-state index in [4.69, 9.17) is 69.6 Å². The average Bonchev–Trinajstić information content (AvgIpc) is 2.71. The summed E-state index contributed by atoms with van der Waals surface area (Å²) in [7, 11) is 0. The van der Waals surface area contributed by atoms with Gasteiger partial charge in [-0.3, -0.25) is 0 Å². The SMILES string of the molecule is C=Cc1cccc(C(Cl)(Cl)Cl)c1-c1ccc(-c2c(C=C)cccc2C(Cl)(Cl)Cl)cc1. The van der Waals surface area contributed by atoms with Gasteiger partial charge in [0.15, 0.2) is 0 Å². The Morgan fingerprint density at radius 1 is 0.533 bits per heavy atom. The summed E-state index contributed by atoms with van der Waals surface area (Å²) < 4.78 is -3.16. The van der Waals surface area contributed by atoms with E-state index < -0.39 is 7.59 Å². The molecule has 0 atom stereocenters. The smallest absolute Gasteiger partial charge is 0.0984 e. The Hall–Kier alpha value is -1.12. The first-order chi connectivity index (χ1) is 14.1. The Bertz CT molecular complexity index is 998. The van der Waals surface area contributed by atoms with Gasteiger partial charge in [-0.15, -0.1) is 0 Å². The Morgan fingerprint density at radius 2 is 0.867 bits per heavy atom. The summed E-state index contributed by atoms with van der Waals surface area (Å²) in [6.45, 7) is 7.76. The van der Waals surface area contributed by atoms with E-state index in [9.17, 15) is 0 Å². The topological polar surface area (TPSA) is 0 Å². The Balaban J connectivity index is 2.20. The summed E-state index contributed by atoms with van der Waals surface area (Å²) >= 11 is 37.3. The second kappa shape index (κ2) is 9.17. The number of rotatable bonds is 4. The molecule has 3 rings (SSSR count). The molecule has 6 heteroatoms. The molecule has 0 unspecified atom stereocenters. The highest BCUT2D eigenvalue weighted by Crippen LogP contribution is 2.47. The highest BCUT2D eigenvalue weighted by atomic mass is 35.6. The predicted octanol–water partition coefficient (Wildman–Crippen LogP) is 9.96. The van der Waals surface area contributed by atoms with Gasteiger partial charge in [-0.25, -0.2) is 0 Å². The molecule has 0 N–H and O–H groups in total. The van der Waals surface area contributed by atoms with Gasteiger partial charge in [-0.05, 0) is 33.4 Å².